The van der Waals surface area contributed by atoms with Crippen molar-refractivity contribution < 1.29 is 8.42 Å². The van der Waals surface area contributed by atoms with Crippen LogP contribution in [-0.2, 0) is 22.3 Å². The van der Waals surface area contributed by atoms with Gasteiger partial charge in [0, 0.05) is 11.9 Å². The lowest BCUT2D eigenvalue weighted by molar-refractivity contribution is 0.584. The molecular formula is C16H16ClNO2S. The standard InChI is InChI=1S/C16H16ClNO2S/c1-12-10-14-4-2-3-5-16(14)18(12)21(19,20)15-8-6-13(11-17)7-9-15/h2-9,12H,10-11H2,1H3. The van der Waals surface area contributed by atoms with E-state index in [0.717, 1.165) is 23.2 Å². The minimum Gasteiger partial charge on any atom is -0.263 e. The van der Waals surface area contributed by atoms with Crippen molar-refractivity contribution in [2.45, 2.75) is 30.2 Å². The number of halogens is 1. The van der Waals surface area contributed by atoms with Crippen LogP contribution < -0.4 is 4.31 Å². The van der Waals surface area contributed by atoms with Crippen LogP contribution in [0.1, 0.15) is 18.1 Å². The molecule has 1 aliphatic heterocycles. The van der Waals surface area contributed by atoms with E-state index < -0.39 is 10.0 Å². The van der Waals surface area contributed by atoms with Gasteiger partial charge in [-0.3, -0.25) is 4.31 Å². The molecule has 1 aliphatic rings. The maximum absolute atomic E-state index is 12.9. The predicted octanol–water partition coefficient (Wildman–Crippen LogP) is 3.57. The second-order valence-electron chi connectivity index (χ2n) is 5.26. The average molecular weight is 322 g/mol. The molecule has 110 valence electrons. The molecule has 2 aromatic rings. The number of para-hydroxylation sites is 1. The molecule has 2 aromatic carbocycles. The number of sulfonamides is 1. The summed E-state index contributed by atoms with van der Waals surface area (Å²) < 4.78 is 27.3. The van der Waals surface area contributed by atoms with Crippen molar-refractivity contribution in [1.82, 2.24) is 0 Å². The number of nitrogens with zero attached hydrogens (tertiary/aromatic N) is 1. The Kier molecular flexibility index (Phi) is 3.68. The van der Waals surface area contributed by atoms with Crippen molar-refractivity contribution in [1.29, 1.82) is 0 Å². The van der Waals surface area contributed by atoms with E-state index in [1.54, 1.807) is 24.3 Å². The van der Waals surface area contributed by atoms with Crippen LogP contribution in [0.4, 0.5) is 5.69 Å². The van der Waals surface area contributed by atoms with Gasteiger partial charge in [0.2, 0.25) is 0 Å². The third-order valence-electron chi connectivity index (χ3n) is 3.78. The van der Waals surface area contributed by atoms with Gasteiger partial charge in [-0.15, -0.1) is 11.6 Å². The van der Waals surface area contributed by atoms with Gasteiger partial charge in [-0.25, -0.2) is 8.42 Å². The van der Waals surface area contributed by atoms with Gasteiger partial charge in [0.1, 0.15) is 0 Å². The molecule has 0 saturated carbocycles. The number of hydrogen-bond acceptors (Lipinski definition) is 2. The van der Waals surface area contributed by atoms with Gasteiger partial charge in [0.25, 0.3) is 10.0 Å². The zero-order valence-electron chi connectivity index (χ0n) is 11.7. The molecule has 5 heteroatoms. The monoisotopic (exact) mass is 321 g/mol. The molecular weight excluding hydrogens is 306 g/mol. The van der Waals surface area contributed by atoms with Gasteiger partial charge in [0.15, 0.2) is 0 Å². The molecule has 1 unspecified atom stereocenters. The summed E-state index contributed by atoms with van der Waals surface area (Å²) in [4.78, 5) is 0.305. The van der Waals surface area contributed by atoms with Gasteiger partial charge in [-0.2, -0.15) is 0 Å². The number of alkyl halides is 1. The van der Waals surface area contributed by atoms with Crippen LogP contribution in [0.5, 0.6) is 0 Å². The summed E-state index contributed by atoms with van der Waals surface area (Å²) in [6.45, 7) is 1.94. The van der Waals surface area contributed by atoms with Crippen molar-refractivity contribution >= 4 is 27.3 Å². The highest BCUT2D eigenvalue weighted by molar-refractivity contribution is 7.92. The Morgan fingerprint density at radius 2 is 1.81 bits per heavy atom. The number of rotatable bonds is 3. The van der Waals surface area contributed by atoms with Crippen LogP contribution in [0.3, 0.4) is 0 Å². The zero-order chi connectivity index (χ0) is 15.0. The van der Waals surface area contributed by atoms with Crippen LogP contribution in [0.2, 0.25) is 0 Å². The zero-order valence-corrected chi connectivity index (χ0v) is 13.2. The van der Waals surface area contributed by atoms with Crippen LogP contribution in [0.15, 0.2) is 53.4 Å². The van der Waals surface area contributed by atoms with E-state index in [0.29, 0.717) is 10.8 Å². The first kappa shape index (κ1) is 14.4. The molecule has 0 bridgehead atoms. The minimum absolute atomic E-state index is 0.0693. The van der Waals surface area contributed by atoms with Crippen molar-refractivity contribution in [3.8, 4) is 0 Å². The average Bonchev–Trinajstić information content (AvgIpc) is 2.83. The van der Waals surface area contributed by atoms with Crippen molar-refractivity contribution in [2.75, 3.05) is 4.31 Å². The maximum atomic E-state index is 12.9. The van der Waals surface area contributed by atoms with E-state index in [1.807, 2.05) is 31.2 Å². The molecule has 0 N–H and O–H groups in total. The molecule has 0 aromatic heterocycles. The highest BCUT2D eigenvalue weighted by Gasteiger charge is 2.35. The lowest BCUT2D eigenvalue weighted by Crippen LogP contribution is -2.35. The highest BCUT2D eigenvalue weighted by atomic mass is 35.5. The van der Waals surface area contributed by atoms with Gasteiger partial charge >= 0.3 is 0 Å². The fourth-order valence-electron chi connectivity index (χ4n) is 2.77. The Hall–Kier alpha value is -1.52. The second-order valence-corrected chi connectivity index (χ2v) is 7.34. The summed E-state index contributed by atoms with van der Waals surface area (Å²) in [6, 6.07) is 14.4. The van der Waals surface area contributed by atoms with Crippen molar-refractivity contribution in [3.05, 3.63) is 59.7 Å². The van der Waals surface area contributed by atoms with Crippen LogP contribution >= 0.6 is 11.6 Å². The smallest absolute Gasteiger partial charge is 0.263 e. The molecule has 0 radical (unpaired) electrons. The first-order chi connectivity index (χ1) is 10.0. The molecule has 21 heavy (non-hydrogen) atoms. The first-order valence-corrected chi connectivity index (χ1v) is 8.79. The molecule has 0 aliphatic carbocycles. The topological polar surface area (TPSA) is 37.4 Å². The molecule has 3 nitrogen and oxygen atoms in total. The Bertz CT molecular complexity index is 756. The molecule has 0 spiro atoms. The maximum Gasteiger partial charge on any atom is 0.264 e. The van der Waals surface area contributed by atoms with Gasteiger partial charge in [0.05, 0.1) is 10.6 Å². The lowest BCUT2D eigenvalue weighted by Gasteiger charge is -2.24. The normalized spacial score (nSPS) is 17.8. The molecule has 0 saturated heterocycles. The largest absolute Gasteiger partial charge is 0.264 e. The summed E-state index contributed by atoms with van der Waals surface area (Å²) in [6.07, 6.45) is 0.745. The Balaban J connectivity index is 2.05. The number of benzene rings is 2. The SMILES string of the molecule is CC1Cc2ccccc2N1S(=O)(=O)c1ccc(CCl)cc1. The third kappa shape index (κ3) is 2.43. The number of anilines is 1. The summed E-state index contributed by atoms with van der Waals surface area (Å²) in [5.41, 5.74) is 2.77. The van der Waals surface area contributed by atoms with Gasteiger partial charge in [-0.1, -0.05) is 30.3 Å². The third-order valence-corrected chi connectivity index (χ3v) is 6.03. The van der Waals surface area contributed by atoms with E-state index in [4.69, 9.17) is 11.6 Å². The van der Waals surface area contributed by atoms with E-state index in [2.05, 4.69) is 0 Å². The van der Waals surface area contributed by atoms with Gasteiger partial charge in [-0.05, 0) is 42.7 Å². The van der Waals surface area contributed by atoms with Crippen LogP contribution in [0, 0.1) is 0 Å². The Morgan fingerprint density at radius 3 is 2.48 bits per heavy atom. The Morgan fingerprint density at radius 1 is 1.14 bits per heavy atom. The minimum atomic E-state index is -3.54. The molecule has 1 atom stereocenters. The van der Waals surface area contributed by atoms with Crippen LogP contribution in [0.25, 0.3) is 0 Å². The molecule has 0 amide bonds. The number of fused-ring (bicyclic) bond motifs is 1. The fourth-order valence-corrected chi connectivity index (χ4v) is 4.64. The van der Waals surface area contributed by atoms with Gasteiger partial charge < -0.3 is 0 Å². The van der Waals surface area contributed by atoms with E-state index in [1.165, 1.54) is 4.31 Å². The molecule has 0 fully saturated rings. The second kappa shape index (κ2) is 5.35. The quantitative estimate of drug-likeness (QED) is 0.810. The highest BCUT2D eigenvalue weighted by Crippen LogP contribution is 2.36. The van der Waals surface area contributed by atoms with E-state index in [9.17, 15) is 8.42 Å². The summed E-state index contributed by atoms with van der Waals surface area (Å²) >= 11 is 5.75. The predicted molar refractivity (Wildman–Crippen MR) is 85.3 cm³/mol. The van der Waals surface area contributed by atoms with Crippen molar-refractivity contribution in [3.63, 3.8) is 0 Å². The summed E-state index contributed by atoms with van der Waals surface area (Å²) in [5, 5.41) is 0. The van der Waals surface area contributed by atoms with Crippen molar-refractivity contribution in [2.24, 2.45) is 0 Å². The Labute approximate surface area is 130 Å². The van der Waals surface area contributed by atoms with E-state index in [-0.39, 0.29) is 6.04 Å². The fraction of sp³-hybridized carbons (Fsp3) is 0.250. The van der Waals surface area contributed by atoms with E-state index >= 15 is 0 Å². The summed E-state index contributed by atoms with van der Waals surface area (Å²) in [7, 11) is -3.54. The molecule has 3 rings (SSSR count). The lowest BCUT2D eigenvalue weighted by atomic mass is 10.1. The first-order valence-electron chi connectivity index (χ1n) is 6.81. The summed E-state index contributed by atoms with van der Waals surface area (Å²) in [5.74, 6) is 0.378. The molecule has 1 heterocycles. The van der Waals surface area contributed by atoms with Crippen LogP contribution in [-0.4, -0.2) is 14.5 Å². The number of hydrogen-bond donors (Lipinski definition) is 0.